The number of aromatic nitrogens is 3. The van der Waals surface area contributed by atoms with Gasteiger partial charge in [0.15, 0.2) is 5.65 Å². The number of anilines is 2. The number of hydrogen-bond acceptors (Lipinski definition) is 6. The lowest BCUT2D eigenvalue weighted by Crippen LogP contribution is -2.25. The van der Waals surface area contributed by atoms with Gasteiger partial charge >= 0.3 is 6.18 Å². The Morgan fingerprint density at radius 3 is 2.53 bits per heavy atom. The largest absolute Gasteiger partial charge is 0.417 e. The van der Waals surface area contributed by atoms with Gasteiger partial charge in [-0.05, 0) is 45.5 Å². The molecule has 3 N–H and O–H groups in total. The van der Waals surface area contributed by atoms with Gasteiger partial charge in [-0.15, -0.1) is 0 Å². The molecule has 3 rings (SSSR count). The Balaban J connectivity index is 1.90. The molecule has 0 fully saturated rings. The molecule has 1 aromatic carbocycles. The molecule has 0 amide bonds. The summed E-state index contributed by atoms with van der Waals surface area (Å²) in [6.07, 6.45) is -1.25. The van der Waals surface area contributed by atoms with Crippen molar-refractivity contribution in [3.05, 3.63) is 42.1 Å². The summed E-state index contributed by atoms with van der Waals surface area (Å²) in [5, 5.41) is 3.40. The Kier molecular flexibility index (Phi) is 7.50. The molecule has 0 radical (unpaired) electrons. The van der Waals surface area contributed by atoms with E-state index in [1.807, 2.05) is 0 Å². The van der Waals surface area contributed by atoms with Crippen LogP contribution in [0.15, 0.2) is 36.5 Å². The monoisotopic (exact) mass is 446 g/mol. The van der Waals surface area contributed by atoms with E-state index in [-0.39, 0.29) is 28.8 Å². The predicted octanol–water partition coefficient (Wildman–Crippen LogP) is 5.22. The molecule has 2 aromatic heterocycles. The first-order chi connectivity index (χ1) is 15.2. The van der Waals surface area contributed by atoms with Crippen LogP contribution >= 0.6 is 0 Å². The number of nitrogens with one attached hydrogen (secondary N) is 1. The number of nitrogen functional groups attached to an aromatic ring is 1. The Labute approximate surface area is 186 Å². The highest BCUT2D eigenvalue weighted by molar-refractivity contribution is 5.88. The number of alkyl halides is 3. The number of hydrogen-bond donors (Lipinski definition) is 2. The van der Waals surface area contributed by atoms with Gasteiger partial charge in [0, 0.05) is 17.7 Å². The van der Waals surface area contributed by atoms with E-state index < -0.39 is 11.7 Å². The first kappa shape index (κ1) is 23.7. The van der Waals surface area contributed by atoms with Crippen molar-refractivity contribution >= 4 is 22.7 Å². The molecule has 1 unspecified atom stereocenters. The topological polar surface area (TPSA) is 80.0 Å². The molecule has 9 heteroatoms. The standard InChI is InChI=1S/C23H29F3N6/c1-4-32(5-2)12-8-9-15(3)29-18-13-20(27)31-22-21(18)30-19(14-28-22)16-10-6-7-11-17(16)23(24,25)26/h6-7,10-11,13-15H,4-5,8-9,12H2,1-3H3,(H3,27,28,29,31). The highest BCUT2D eigenvalue weighted by Gasteiger charge is 2.33. The van der Waals surface area contributed by atoms with Crippen molar-refractivity contribution < 1.29 is 13.2 Å². The van der Waals surface area contributed by atoms with Crippen LogP contribution in [0.3, 0.4) is 0 Å². The van der Waals surface area contributed by atoms with Crippen LogP contribution in [0.1, 0.15) is 39.2 Å². The predicted molar refractivity (Wildman–Crippen MR) is 122 cm³/mol. The summed E-state index contributed by atoms with van der Waals surface area (Å²) in [4.78, 5) is 15.3. The Morgan fingerprint density at radius 1 is 1.12 bits per heavy atom. The average molecular weight is 447 g/mol. The zero-order valence-electron chi connectivity index (χ0n) is 18.6. The van der Waals surface area contributed by atoms with E-state index in [1.165, 1.54) is 18.3 Å². The molecule has 2 heterocycles. The van der Waals surface area contributed by atoms with Crippen molar-refractivity contribution in [2.24, 2.45) is 0 Å². The molecule has 0 aliphatic rings. The maximum atomic E-state index is 13.5. The quantitative estimate of drug-likeness (QED) is 0.469. The fourth-order valence-corrected chi connectivity index (χ4v) is 3.71. The van der Waals surface area contributed by atoms with Crippen molar-refractivity contribution in [2.75, 3.05) is 30.7 Å². The number of halogens is 3. The zero-order valence-corrected chi connectivity index (χ0v) is 18.6. The lowest BCUT2D eigenvalue weighted by Gasteiger charge is -2.21. The van der Waals surface area contributed by atoms with Crippen LogP contribution in [-0.4, -0.2) is 45.5 Å². The fourth-order valence-electron chi connectivity index (χ4n) is 3.71. The summed E-state index contributed by atoms with van der Waals surface area (Å²) in [5.74, 6) is 0.271. The van der Waals surface area contributed by atoms with E-state index in [9.17, 15) is 13.2 Å². The van der Waals surface area contributed by atoms with Crippen LogP contribution in [-0.2, 0) is 6.18 Å². The molecule has 3 aromatic rings. The van der Waals surface area contributed by atoms with Crippen molar-refractivity contribution in [1.29, 1.82) is 0 Å². The van der Waals surface area contributed by atoms with Crippen LogP contribution in [0.25, 0.3) is 22.4 Å². The van der Waals surface area contributed by atoms with Crippen LogP contribution < -0.4 is 11.1 Å². The van der Waals surface area contributed by atoms with Crippen LogP contribution in [0.4, 0.5) is 24.7 Å². The smallest absolute Gasteiger partial charge is 0.384 e. The number of pyridine rings is 1. The second kappa shape index (κ2) is 10.1. The second-order valence-corrected chi connectivity index (χ2v) is 7.78. The third-order valence-electron chi connectivity index (χ3n) is 5.45. The maximum absolute atomic E-state index is 13.5. The van der Waals surface area contributed by atoms with Gasteiger partial charge in [0.1, 0.15) is 11.3 Å². The zero-order chi connectivity index (χ0) is 23.3. The molecule has 0 spiro atoms. The normalized spacial score (nSPS) is 13.0. The molecule has 0 aliphatic heterocycles. The van der Waals surface area contributed by atoms with Gasteiger partial charge in [-0.1, -0.05) is 32.0 Å². The molecule has 0 saturated carbocycles. The molecule has 1 atom stereocenters. The molecule has 0 bridgehead atoms. The van der Waals surface area contributed by atoms with E-state index in [1.54, 1.807) is 12.1 Å². The van der Waals surface area contributed by atoms with Crippen molar-refractivity contribution in [1.82, 2.24) is 19.9 Å². The molecular weight excluding hydrogens is 417 g/mol. The van der Waals surface area contributed by atoms with Gasteiger partial charge in [0.25, 0.3) is 0 Å². The highest BCUT2D eigenvalue weighted by atomic mass is 19.4. The fraction of sp³-hybridized carbons (Fsp3) is 0.435. The van der Waals surface area contributed by atoms with E-state index in [0.717, 1.165) is 38.5 Å². The molecule has 0 aliphatic carbocycles. The van der Waals surface area contributed by atoms with E-state index in [4.69, 9.17) is 5.73 Å². The van der Waals surface area contributed by atoms with Crippen molar-refractivity contribution in [3.8, 4) is 11.3 Å². The molecule has 172 valence electrons. The Morgan fingerprint density at radius 2 is 1.84 bits per heavy atom. The summed E-state index contributed by atoms with van der Waals surface area (Å²) in [7, 11) is 0. The van der Waals surface area contributed by atoms with E-state index >= 15 is 0 Å². The maximum Gasteiger partial charge on any atom is 0.417 e. The SMILES string of the molecule is CCN(CC)CCCC(C)Nc1cc(N)nc2ncc(-c3ccccc3C(F)(F)F)nc12. The Bertz CT molecular complexity index is 1050. The minimum Gasteiger partial charge on any atom is -0.384 e. The number of nitrogens with zero attached hydrogens (tertiary/aromatic N) is 4. The molecular formula is C23H29F3N6. The van der Waals surface area contributed by atoms with Crippen LogP contribution in [0.5, 0.6) is 0 Å². The van der Waals surface area contributed by atoms with Crippen molar-refractivity contribution in [2.45, 2.75) is 45.8 Å². The number of fused-ring (bicyclic) bond motifs is 1. The lowest BCUT2D eigenvalue weighted by molar-refractivity contribution is -0.137. The Hall–Kier alpha value is -2.94. The minimum absolute atomic E-state index is 0.0237. The molecule has 6 nitrogen and oxygen atoms in total. The van der Waals surface area contributed by atoms with E-state index in [2.05, 4.69) is 45.9 Å². The summed E-state index contributed by atoms with van der Waals surface area (Å²) in [6.45, 7) is 9.38. The average Bonchev–Trinajstić information content (AvgIpc) is 2.76. The lowest BCUT2D eigenvalue weighted by atomic mass is 10.0. The van der Waals surface area contributed by atoms with Crippen LogP contribution in [0.2, 0.25) is 0 Å². The van der Waals surface area contributed by atoms with Crippen LogP contribution in [0, 0.1) is 0 Å². The highest BCUT2D eigenvalue weighted by Crippen LogP contribution is 2.36. The molecule has 0 saturated heterocycles. The summed E-state index contributed by atoms with van der Waals surface area (Å²) in [5.41, 5.74) is 6.58. The second-order valence-electron chi connectivity index (χ2n) is 7.78. The third kappa shape index (κ3) is 5.64. The van der Waals surface area contributed by atoms with Gasteiger partial charge in [-0.2, -0.15) is 13.2 Å². The van der Waals surface area contributed by atoms with Gasteiger partial charge in [0.2, 0.25) is 0 Å². The summed E-state index contributed by atoms with van der Waals surface area (Å²) >= 11 is 0. The summed E-state index contributed by atoms with van der Waals surface area (Å²) < 4.78 is 40.5. The van der Waals surface area contributed by atoms with Crippen molar-refractivity contribution in [3.63, 3.8) is 0 Å². The first-order valence-corrected chi connectivity index (χ1v) is 10.8. The van der Waals surface area contributed by atoms with Gasteiger partial charge in [0.05, 0.1) is 23.1 Å². The third-order valence-corrected chi connectivity index (χ3v) is 5.45. The van der Waals surface area contributed by atoms with Gasteiger partial charge < -0.3 is 16.0 Å². The number of nitrogens with two attached hydrogens (primary N) is 1. The van der Waals surface area contributed by atoms with Gasteiger partial charge in [-0.25, -0.2) is 15.0 Å². The minimum atomic E-state index is -4.49. The summed E-state index contributed by atoms with van der Waals surface area (Å²) in [6, 6.07) is 7.11. The van der Waals surface area contributed by atoms with Gasteiger partial charge in [-0.3, -0.25) is 0 Å². The number of benzene rings is 1. The van der Waals surface area contributed by atoms with E-state index in [0.29, 0.717) is 11.2 Å². The number of rotatable bonds is 9. The molecule has 32 heavy (non-hydrogen) atoms. The first-order valence-electron chi connectivity index (χ1n) is 10.8.